The molecule has 3 rings (SSSR count). The van der Waals surface area contributed by atoms with E-state index in [-0.39, 0.29) is 5.91 Å². The molecule has 0 saturated heterocycles. The Hall–Kier alpha value is -2.67. The van der Waals surface area contributed by atoms with Gasteiger partial charge in [-0.05, 0) is 19.1 Å². The Morgan fingerprint density at radius 2 is 2.09 bits per heavy atom. The molecule has 7 heteroatoms. The van der Waals surface area contributed by atoms with Crippen LogP contribution in [0, 0.1) is 6.92 Å². The maximum absolute atomic E-state index is 12.3. The van der Waals surface area contributed by atoms with Crippen molar-refractivity contribution in [1.29, 1.82) is 0 Å². The molecule has 0 radical (unpaired) electrons. The summed E-state index contributed by atoms with van der Waals surface area (Å²) in [4.78, 5) is 29.1. The highest BCUT2D eigenvalue weighted by Crippen LogP contribution is 2.19. The number of amides is 1. The van der Waals surface area contributed by atoms with Crippen LogP contribution in [0.2, 0.25) is 0 Å². The summed E-state index contributed by atoms with van der Waals surface area (Å²) in [5, 5.41) is 4.67. The van der Waals surface area contributed by atoms with Crippen LogP contribution in [-0.4, -0.2) is 28.4 Å². The average molecular weight is 315 g/mol. The predicted octanol–water partition coefficient (Wildman–Crippen LogP) is 2.74. The van der Waals surface area contributed by atoms with E-state index < -0.39 is 5.97 Å². The highest BCUT2D eigenvalue weighted by atomic mass is 32.1. The lowest BCUT2D eigenvalue weighted by Crippen LogP contribution is -2.15. The molecule has 1 aromatic carbocycles. The number of aromatic nitrogens is 2. The Labute approximate surface area is 130 Å². The third kappa shape index (κ3) is 2.46. The lowest BCUT2D eigenvalue weighted by atomic mass is 10.2. The van der Waals surface area contributed by atoms with Gasteiger partial charge in [0.1, 0.15) is 5.69 Å². The number of para-hydroxylation sites is 1. The van der Waals surface area contributed by atoms with Gasteiger partial charge in [-0.15, -0.1) is 11.3 Å². The first kappa shape index (κ1) is 14.3. The molecule has 0 fully saturated rings. The third-order valence-corrected chi connectivity index (χ3v) is 4.16. The number of carbonyl (C=O) groups is 2. The molecular formula is C15H13N3O3S. The van der Waals surface area contributed by atoms with Crippen molar-refractivity contribution in [3.05, 3.63) is 52.8 Å². The normalized spacial score (nSPS) is 10.6. The van der Waals surface area contributed by atoms with E-state index in [9.17, 15) is 9.59 Å². The second-order valence-electron chi connectivity index (χ2n) is 4.65. The van der Waals surface area contributed by atoms with Crippen molar-refractivity contribution < 1.29 is 14.3 Å². The number of carbonyl (C=O) groups excluding carboxylic acids is 2. The second-order valence-corrected chi connectivity index (χ2v) is 5.48. The molecule has 0 aliphatic carbocycles. The number of rotatable bonds is 3. The molecule has 0 bridgehead atoms. The molecular weight excluding hydrogens is 302 g/mol. The zero-order valence-corrected chi connectivity index (χ0v) is 12.8. The number of aryl methyl sites for hydroxylation is 1. The fourth-order valence-corrected chi connectivity index (χ4v) is 2.92. The lowest BCUT2D eigenvalue weighted by molar-refractivity contribution is 0.0602. The van der Waals surface area contributed by atoms with Crippen molar-refractivity contribution in [3.8, 4) is 0 Å². The molecule has 112 valence electrons. The molecule has 0 atom stereocenters. The van der Waals surface area contributed by atoms with Gasteiger partial charge in [-0.1, -0.05) is 12.1 Å². The standard InChI is InChI=1S/C15H13N3O3S/c1-9-8-22-15-17-12(7-18(9)15)13(19)16-11-6-4-3-5-10(11)14(20)21-2/h3-8H,1-2H3,(H,16,19). The number of nitrogens with zero attached hydrogens (tertiary/aromatic N) is 2. The minimum atomic E-state index is -0.502. The molecule has 0 saturated carbocycles. The number of esters is 1. The zero-order valence-electron chi connectivity index (χ0n) is 12.0. The molecule has 0 spiro atoms. The van der Waals surface area contributed by atoms with Gasteiger partial charge in [-0.2, -0.15) is 0 Å². The maximum atomic E-state index is 12.3. The summed E-state index contributed by atoms with van der Waals surface area (Å²) in [5.74, 6) is -0.871. The van der Waals surface area contributed by atoms with E-state index in [1.807, 2.05) is 16.7 Å². The maximum Gasteiger partial charge on any atom is 0.339 e. The second kappa shape index (κ2) is 5.61. The highest BCUT2D eigenvalue weighted by Gasteiger charge is 2.17. The Kier molecular flexibility index (Phi) is 3.64. The summed E-state index contributed by atoms with van der Waals surface area (Å²) in [6.07, 6.45) is 1.68. The fourth-order valence-electron chi connectivity index (χ4n) is 2.07. The van der Waals surface area contributed by atoms with Crippen molar-refractivity contribution in [2.75, 3.05) is 12.4 Å². The van der Waals surface area contributed by atoms with Crippen molar-refractivity contribution in [2.45, 2.75) is 6.92 Å². The van der Waals surface area contributed by atoms with Crippen LogP contribution in [0.15, 0.2) is 35.8 Å². The van der Waals surface area contributed by atoms with Gasteiger partial charge in [0.05, 0.1) is 18.4 Å². The molecule has 2 heterocycles. The highest BCUT2D eigenvalue weighted by molar-refractivity contribution is 7.15. The minimum absolute atomic E-state index is 0.301. The van der Waals surface area contributed by atoms with Crippen LogP contribution in [0.5, 0.6) is 0 Å². The SMILES string of the molecule is COC(=O)c1ccccc1NC(=O)c1cn2c(C)csc2n1. The smallest absolute Gasteiger partial charge is 0.339 e. The zero-order chi connectivity index (χ0) is 15.7. The van der Waals surface area contributed by atoms with Crippen LogP contribution in [0.3, 0.4) is 0 Å². The summed E-state index contributed by atoms with van der Waals surface area (Å²) in [5.41, 5.74) is 2.01. The first-order valence-electron chi connectivity index (χ1n) is 6.52. The van der Waals surface area contributed by atoms with E-state index in [1.54, 1.807) is 30.5 Å². The van der Waals surface area contributed by atoms with E-state index in [4.69, 9.17) is 4.74 Å². The van der Waals surface area contributed by atoms with E-state index in [1.165, 1.54) is 18.4 Å². The minimum Gasteiger partial charge on any atom is -0.465 e. The molecule has 22 heavy (non-hydrogen) atoms. The Bertz CT molecular complexity index is 866. The number of nitrogens with one attached hydrogen (secondary N) is 1. The van der Waals surface area contributed by atoms with E-state index in [0.29, 0.717) is 16.9 Å². The van der Waals surface area contributed by atoms with Gasteiger partial charge in [0.25, 0.3) is 5.91 Å². The Morgan fingerprint density at radius 3 is 2.82 bits per heavy atom. The number of thiazole rings is 1. The van der Waals surface area contributed by atoms with Gasteiger partial charge in [-0.3, -0.25) is 9.20 Å². The number of ether oxygens (including phenoxy) is 1. The summed E-state index contributed by atoms with van der Waals surface area (Å²) in [6.45, 7) is 1.94. The van der Waals surface area contributed by atoms with Crippen LogP contribution in [0.4, 0.5) is 5.69 Å². The first-order valence-corrected chi connectivity index (χ1v) is 7.40. The van der Waals surface area contributed by atoms with Crippen LogP contribution in [0.25, 0.3) is 4.96 Å². The Morgan fingerprint density at radius 1 is 1.32 bits per heavy atom. The van der Waals surface area contributed by atoms with Gasteiger partial charge in [0, 0.05) is 17.3 Å². The summed E-state index contributed by atoms with van der Waals surface area (Å²) in [6, 6.07) is 6.68. The fraction of sp³-hybridized carbons (Fsp3) is 0.133. The summed E-state index contributed by atoms with van der Waals surface area (Å²) in [7, 11) is 1.30. The number of benzene rings is 1. The topological polar surface area (TPSA) is 72.7 Å². The summed E-state index contributed by atoms with van der Waals surface area (Å²) < 4.78 is 6.56. The van der Waals surface area contributed by atoms with Crippen molar-refractivity contribution >= 4 is 33.9 Å². The van der Waals surface area contributed by atoms with E-state index in [2.05, 4.69) is 10.3 Å². The van der Waals surface area contributed by atoms with Crippen LogP contribution < -0.4 is 5.32 Å². The number of fused-ring (bicyclic) bond motifs is 1. The molecule has 0 aliphatic rings. The van der Waals surface area contributed by atoms with Gasteiger partial charge in [-0.25, -0.2) is 9.78 Å². The number of imidazole rings is 1. The number of anilines is 1. The predicted molar refractivity (Wildman–Crippen MR) is 83.5 cm³/mol. The first-order chi connectivity index (χ1) is 10.6. The third-order valence-electron chi connectivity index (χ3n) is 3.20. The van der Waals surface area contributed by atoms with Crippen LogP contribution in [-0.2, 0) is 4.74 Å². The molecule has 6 nitrogen and oxygen atoms in total. The van der Waals surface area contributed by atoms with Gasteiger partial charge < -0.3 is 10.1 Å². The quantitative estimate of drug-likeness (QED) is 0.754. The molecule has 0 unspecified atom stereocenters. The van der Waals surface area contributed by atoms with Gasteiger partial charge in [0.2, 0.25) is 0 Å². The van der Waals surface area contributed by atoms with Crippen molar-refractivity contribution in [1.82, 2.24) is 9.38 Å². The molecule has 0 aliphatic heterocycles. The van der Waals surface area contributed by atoms with Crippen LogP contribution >= 0.6 is 11.3 Å². The largest absolute Gasteiger partial charge is 0.465 e. The van der Waals surface area contributed by atoms with E-state index in [0.717, 1.165) is 10.7 Å². The molecule has 1 amide bonds. The number of hydrogen-bond acceptors (Lipinski definition) is 5. The van der Waals surface area contributed by atoms with Crippen molar-refractivity contribution in [3.63, 3.8) is 0 Å². The molecule has 1 N–H and O–H groups in total. The molecule has 3 aromatic rings. The van der Waals surface area contributed by atoms with Crippen molar-refractivity contribution in [2.24, 2.45) is 0 Å². The average Bonchev–Trinajstić information content (AvgIpc) is 3.09. The van der Waals surface area contributed by atoms with Gasteiger partial charge >= 0.3 is 5.97 Å². The lowest BCUT2D eigenvalue weighted by Gasteiger charge is -2.08. The van der Waals surface area contributed by atoms with E-state index >= 15 is 0 Å². The Balaban J connectivity index is 1.89. The number of methoxy groups -OCH3 is 1. The number of hydrogen-bond donors (Lipinski definition) is 1. The van der Waals surface area contributed by atoms with Gasteiger partial charge in [0.15, 0.2) is 4.96 Å². The summed E-state index contributed by atoms with van der Waals surface area (Å²) >= 11 is 1.47. The molecule has 2 aromatic heterocycles. The van der Waals surface area contributed by atoms with Crippen LogP contribution in [0.1, 0.15) is 26.5 Å². The monoisotopic (exact) mass is 315 g/mol.